The summed E-state index contributed by atoms with van der Waals surface area (Å²) in [5, 5.41) is 11.4. The van der Waals surface area contributed by atoms with Crippen molar-refractivity contribution in [1.29, 1.82) is 0 Å². The first kappa shape index (κ1) is 14.0. The summed E-state index contributed by atoms with van der Waals surface area (Å²) in [4.78, 5) is 22.9. The lowest BCUT2D eigenvalue weighted by atomic mass is 9.76. The van der Waals surface area contributed by atoms with Crippen LogP contribution in [-0.2, 0) is 9.59 Å². The van der Waals surface area contributed by atoms with Gasteiger partial charge in [-0.2, -0.15) is 0 Å². The number of carboxylic acids is 1. The van der Waals surface area contributed by atoms with Crippen LogP contribution < -0.4 is 11.1 Å². The molecule has 1 rings (SSSR count). The topological polar surface area (TPSA) is 92.4 Å². The summed E-state index contributed by atoms with van der Waals surface area (Å²) in [7, 11) is 0. The zero-order chi connectivity index (χ0) is 13.1. The van der Waals surface area contributed by atoms with Crippen LogP contribution in [0, 0.1) is 5.92 Å². The molecular formula is C12H22N2O3. The second-order valence-electron chi connectivity index (χ2n) is 5.13. The molecule has 2 unspecified atom stereocenters. The minimum Gasteiger partial charge on any atom is -0.480 e. The van der Waals surface area contributed by atoms with Gasteiger partial charge >= 0.3 is 5.97 Å². The predicted molar refractivity (Wildman–Crippen MR) is 64.4 cm³/mol. The van der Waals surface area contributed by atoms with E-state index in [0.717, 1.165) is 12.8 Å². The highest BCUT2D eigenvalue weighted by Crippen LogP contribution is 2.30. The molecule has 0 aromatic heterocycles. The van der Waals surface area contributed by atoms with Gasteiger partial charge in [0, 0.05) is 0 Å². The fourth-order valence-corrected chi connectivity index (χ4v) is 2.44. The molecular weight excluding hydrogens is 220 g/mol. The molecule has 1 saturated carbocycles. The molecule has 0 spiro atoms. The molecule has 0 aliphatic heterocycles. The van der Waals surface area contributed by atoms with E-state index in [1.165, 1.54) is 0 Å². The van der Waals surface area contributed by atoms with Crippen molar-refractivity contribution in [3.8, 4) is 0 Å². The van der Waals surface area contributed by atoms with Crippen LogP contribution in [0.25, 0.3) is 0 Å². The molecule has 17 heavy (non-hydrogen) atoms. The van der Waals surface area contributed by atoms with Gasteiger partial charge < -0.3 is 16.2 Å². The Morgan fingerprint density at radius 2 is 2.24 bits per heavy atom. The van der Waals surface area contributed by atoms with Crippen molar-refractivity contribution >= 4 is 11.9 Å². The predicted octanol–water partition coefficient (Wildman–Crippen LogP) is 0.873. The van der Waals surface area contributed by atoms with Crippen LogP contribution in [0.4, 0.5) is 0 Å². The fourth-order valence-electron chi connectivity index (χ4n) is 2.44. The molecule has 0 aromatic rings. The normalized spacial score (nSPS) is 30.6. The van der Waals surface area contributed by atoms with Crippen LogP contribution in [0.3, 0.4) is 0 Å². The molecule has 1 fully saturated rings. The Hall–Kier alpha value is -1.10. The van der Waals surface area contributed by atoms with E-state index in [9.17, 15) is 9.59 Å². The number of aliphatic carboxylic acids is 1. The van der Waals surface area contributed by atoms with Crippen molar-refractivity contribution in [1.82, 2.24) is 5.32 Å². The summed E-state index contributed by atoms with van der Waals surface area (Å²) in [5.41, 5.74) is 5.20. The molecule has 0 saturated heterocycles. The highest BCUT2D eigenvalue weighted by atomic mass is 16.4. The number of nitrogens with two attached hydrogens (primary N) is 1. The average molecular weight is 242 g/mol. The van der Waals surface area contributed by atoms with E-state index in [-0.39, 0.29) is 5.91 Å². The summed E-state index contributed by atoms with van der Waals surface area (Å²) in [5.74, 6) is -0.906. The standard InChI is InChI=1S/C12H22N2O3/c1-3-9(10(15)16)14-11(17)12(13)6-4-5-8(2)7-12/h8-9H,3-7,13H2,1-2H3,(H,14,17)(H,15,16)/t8?,9-,12?/m0/s1. The quantitative estimate of drug-likeness (QED) is 0.682. The molecule has 0 radical (unpaired) electrons. The van der Waals surface area contributed by atoms with E-state index in [4.69, 9.17) is 10.8 Å². The SMILES string of the molecule is CC[C@H](NC(=O)C1(N)CCCC(C)C1)C(=O)O. The summed E-state index contributed by atoms with van der Waals surface area (Å²) >= 11 is 0. The van der Waals surface area contributed by atoms with Crippen LogP contribution in [0.15, 0.2) is 0 Å². The number of hydrogen-bond donors (Lipinski definition) is 3. The van der Waals surface area contributed by atoms with E-state index < -0.39 is 17.6 Å². The Morgan fingerprint density at radius 3 is 2.71 bits per heavy atom. The molecule has 1 aliphatic carbocycles. The fraction of sp³-hybridized carbons (Fsp3) is 0.833. The van der Waals surface area contributed by atoms with Crippen molar-refractivity contribution in [2.75, 3.05) is 0 Å². The maximum atomic E-state index is 12.0. The number of nitrogens with one attached hydrogen (secondary N) is 1. The minimum absolute atomic E-state index is 0.321. The number of carbonyl (C=O) groups is 2. The van der Waals surface area contributed by atoms with Gasteiger partial charge in [0.25, 0.3) is 0 Å². The average Bonchev–Trinajstić information content (AvgIpc) is 2.24. The van der Waals surface area contributed by atoms with Crippen molar-refractivity contribution in [3.05, 3.63) is 0 Å². The lowest BCUT2D eigenvalue weighted by Gasteiger charge is -2.36. The van der Waals surface area contributed by atoms with Gasteiger partial charge in [0.05, 0.1) is 5.54 Å². The maximum Gasteiger partial charge on any atom is 0.326 e. The van der Waals surface area contributed by atoms with Gasteiger partial charge in [-0.05, 0) is 25.2 Å². The molecule has 5 nitrogen and oxygen atoms in total. The van der Waals surface area contributed by atoms with E-state index in [2.05, 4.69) is 12.2 Å². The lowest BCUT2D eigenvalue weighted by Crippen LogP contribution is -2.59. The van der Waals surface area contributed by atoms with Gasteiger partial charge in [-0.15, -0.1) is 0 Å². The summed E-state index contributed by atoms with van der Waals surface area (Å²) < 4.78 is 0. The minimum atomic E-state index is -1.01. The number of amides is 1. The third-order valence-electron chi connectivity index (χ3n) is 3.50. The smallest absolute Gasteiger partial charge is 0.326 e. The van der Waals surface area contributed by atoms with E-state index in [1.54, 1.807) is 6.92 Å². The zero-order valence-corrected chi connectivity index (χ0v) is 10.5. The largest absolute Gasteiger partial charge is 0.480 e. The molecule has 0 aromatic carbocycles. The molecule has 1 aliphatic rings. The summed E-state index contributed by atoms with van der Waals surface area (Å²) in [6.07, 6.45) is 3.65. The van der Waals surface area contributed by atoms with Gasteiger partial charge in [-0.1, -0.05) is 26.7 Å². The van der Waals surface area contributed by atoms with Gasteiger partial charge in [0.1, 0.15) is 6.04 Å². The molecule has 0 heterocycles. The van der Waals surface area contributed by atoms with Gasteiger partial charge in [-0.25, -0.2) is 4.79 Å². The highest BCUT2D eigenvalue weighted by molar-refractivity contribution is 5.90. The third-order valence-corrected chi connectivity index (χ3v) is 3.50. The maximum absolute atomic E-state index is 12.0. The van der Waals surface area contributed by atoms with Gasteiger partial charge in [0.15, 0.2) is 0 Å². The Morgan fingerprint density at radius 1 is 1.59 bits per heavy atom. The zero-order valence-electron chi connectivity index (χ0n) is 10.5. The van der Waals surface area contributed by atoms with Gasteiger partial charge in [-0.3, -0.25) is 4.79 Å². The first-order chi connectivity index (χ1) is 7.89. The Kier molecular flexibility index (Phi) is 4.51. The van der Waals surface area contributed by atoms with Crippen LogP contribution in [0.2, 0.25) is 0 Å². The van der Waals surface area contributed by atoms with Crippen LogP contribution >= 0.6 is 0 Å². The van der Waals surface area contributed by atoms with Gasteiger partial charge in [0.2, 0.25) is 5.91 Å². The molecule has 5 heteroatoms. The molecule has 0 bridgehead atoms. The van der Waals surface area contributed by atoms with Crippen LogP contribution in [0.1, 0.15) is 46.0 Å². The second-order valence-corrected chi connectivity index (χ2v) is 5.13. The second kappa shape index (κ2) is 5.49. The number of rotatable bonds is 4. The van der Waals surface area contributed by atoms with E-state index in [0.29, 0.717) is 25.2 Å². The Balaban J connectivity index is 2.65. The molecule has 4 N–H and O–H groups in total. The first-order valence-corrected chi connectivity index (χ1v) is 6.21. The molecule has 98 valence electrons. The van der Waals surface area contributed by atoms with Crippen LogP contribution in [-0.4, -0.2) is 28.6 Å². The lowest BCUT2D eigenvalue weighted by molar-refractivity contribution is -0.143. The summed E-state index contributed by atoms with van der Waals surface area (Å²) in [6, 6.07) is -0.833. The first-order valence-electron chi connectivity index (χ1n) is 6.21. The Bertz CT molecular complexity index is 306. The van der Waals surface area contributed by atoms with Crippen molar-refractivity contribution < 1.29 is 14.7 Å². The molecule has 3 atom stereocenters. The number of carboxylic acid groups (broad SMARTS) is 1. The van der Waals surface area contributed by atoms with Crippen molar-refractivity contribution in [2.24, 2.45) is 11.7 Å². The van der Waals surface area contributed by atoms with Crippen molar-refractivity contribution in [2.45, 2.75) is 57.5 Å². The number of carbonyl (C=O) groups excluding carboxylic acids is 1. The monoisotopic (exact) mass is 242 g/mol. The van der Waals surface area contributed by atoms with E-state index >= 15 is 0 Å². The Labute approximate surface area is 102 Å². The number of hydrogen-bond acceptors (Lipinski definition) is 3. The van der Waals surface area contributed by atoms with Crippen molar-refractivity contribution in [3.63, 3.8) is 0 Å². The summed E-state index contributed by atoms with van der Waals surface area (Å²) in [6.45, 7) is 3.80. The van der Waals surface area contributed by atoms with Crippen LogP contribution in [0.5, 0.6) is 0 Å². The third kappa shape index (κ3) is 3.43. The molecule has 1 amide bonds. The highest BCUT2D eigenvalue weighted by Gasteiger charge is 2.39. The van der Waals surface area contributed by atoms with E-state index in [1.807, 2.05) is 0 Å².